The number of alkyl halides is 2. The summed E-state index contributed by atoms with van der Waals surface area (Å²) in [6, 6.07) is 1.25. The summed E-state index contributed by atoms with van der Waals surface area (Å²) in [4.78, 5) is 1.95. The number of hydrogen-bond acceptors (Lipinski definition) is 2. The largest absolute Gasteiger partial charge is 0.298 e. The number of nitrogens with zero attached hydrogens (tertiary/aromatic N) is 2. The molecule has 1 saturated heterocycles. The van der Waals surface area contributed by atoms with Crippen LogP contribution < -0.4 is 0 Å². The minimum absolute atomic E-state index is 0.338. The minimum atomic E-state index is -0.371. The molecule has 1 saturated carbocycles. The van der Waals surface area contributed by atoms with Crippen LogP contribution in [0.2, 0.25) is 0 Å². The molecule has 0 unspecified atom stereocenters. The molecule has 1 aliphatic heterocycles. The van der Waals surface area contributed by atoms with Crippen molar-refractivity contribution in [3.63, 3.8) is 0 Å². The third-order valence-electron chi connectivity index (χ3n) is 3.91. The van der Waals surface area contributed by atoms with Gasteiger partial charge >= 0.3 is 0 Å². The molecule has 16 heavy (non-hydrogen) atoms. The molecule has 0 spiro atoms. The lowest BCUT2D eigenvalue weighted by atomic mass is 10.00. The second-order valence-electron chi connectivity index (χ2n) is 5.13. The highest BCUT2D eigenvalue weighted by Crippen LogP contribution is 2.60. The van der Waals surface area contributed by atoms with E-state index in [2.05, 4.69) is 32.9 Å². The summed E-state index contributed by atoms with van der Waals surface area (Å²) in [6.45, 7) is 3.13. The first-order chi connectivity index (χ1) is 7.63. The lowest BCUT2D eigenvalue weighted by molar-refractivity contribution is 0.187. The average Bonchev–Trinajstić information content (AvgIpc) is 2.85. The van der Waals surface area contributed by atoms with Crippen LogP contribution in [-0.2, 0) is 0 Å². The summed E-state index contributed by atoms with van der Waals surface area (Å²) in [7, 11) is 0. The molecule has 5 heteroatoms. The number of piperidine rings is 1. The summed E-state index contributed by atoms with van der Waals surface area (Å²) in [5.41, 5.74) is 0.338. The smallest absolute Gasteiger partial charge is 0.102 e. The van der Waals surface area contributed by atoms with Crippen LogP contribution in [0.5, 0.6) is 0 Å². The molecule has 94 valence electrons. The van der Waals surface area contributed by atoms with E-state index in [0.717, 1.165) is 6.54 Å². The average molecular weight is 344 g/mol. The van der Waals surface area contributed by atoms with Crippen molar-refractivity contribution in [3.8, 4) is 0 Å². The Morgan fingerprint density at radius 3 is 2.38 bits per heavy atom. The predicted molar refractivity (Wildman–Crippen MR) is 69.2 cm³/mol. The van der Waals surface area contributed by atoms with Gasteiger partial charge in [-0.25, -0.2) is 11.9 Å². The number of halogens is 3. The molecule has 1 aliphatic carbocycles. The Balaban J connectivity index is 1.89. The van der Waals surface area contributed by atoms with E-state index in [-0.39, 0.29) is 13.3 Å². The zero-order chi connectivity index (χ0) is 11.8. The van der Waals surface area contributed by atoms with Crippen LogP contribution in [0.15, 0.2) is 0 Å². The van der Waals surface area contributed by atoms with E-state index in [1.165, 1.54) is 12.8 Å². The Bertz CT molecular complexity index is 248. The van der Waals surface area contributed by atoms with E-state index in [9.17, 15) is 8.78 Å². The van der Waals surface area contributed by atoms with Crippen LogP contribution in [0.4, 0.5) is 8.78 Å². The third-order valence-corrected chi connectivity index (χ3v) is 5.53. The predicted octanol–water partition coefficient (Wildman–Crippen LogP) is 2.43. The molecule has 1 heterocycles. The van der Waals surface area contributed by atoms with Gasteiger partial charge in [0.25, 0.3) is 0 Å². The van der Waals surface area contributed by atoms with Gasteiger partial charge in [-0.2, -0.15) is 0 Å². The highest BCUT2D eigenvalue weighted by Gasteiger charge is 2.63. The molecule has 0 aromatic heterocycles. The lowest BCUT2D eigenvalue weighted by Crippen LogP contribution is -2.34. The molecule has 0 aromatic carbocycles. The maximum atomic E-state index is 12.4. The molecule has 0 aromatic rings. The normalized spacial score (nSPS) is 38.1. The van der Waals surface area contributed by atoms with Crippen molar-refractivity contribution < 1.29 is 8.78 Å². The van der Waals surface area contributed by atoms with Crippen molar-refractivity contribution in [2.24, 2.45) is 5.41 Å². The Hall–Kier alpha value is 0.510. The second-order valence-corrected chi connectivity index (χ2v) is 6.25. The first kappa shape index (κ1) is 13.0. The topological polar surface area (TPSA) is 6.48 Å². The van der Waals surface area contributed by atoms with E-state index < -0.39 is 0 Å². The van der Waals surface area contributed by atoms with Crippen LogP contribution in [0.3, 0.4) is 0 Å². The summed E-state index contributed by atoms with van der Waals surface area (Å²) >= 11 is 2.39. The summed E-state index contributed by atoms with van der Waals surface area (Å²) < 4.78 is 27.1. The number of hydrogen-bond donors (Lipinski definition) is 0. The standard InChI is InChI=1S/C11H19F2IN2/c1-9-6-11(7-10(11)16(9)14)8-15(4-2-12)5-3-13/h9-10H,2-8H2,1H3/t9-,10-,11+/m1/s1. The van der Waals surface area contributed by atoms with Crippen LogP contribution >= 0.6 is 22.9 Å². The van der Waals surface area contributed by atoms with Gasteiger partial charge in [0, 0.05) is 60.0 Å². The van der Waals surface area contributed by atoms with Crippen molar-refractivity contribution in [2.75, 3.05) is 33.0 Å². The van der Waals surface area contributed by atoms with Gasteiger partial charge in [0.05, 0.1) is 0 Å². The Morgan fingerprint density at radius 1 is 1.31 bits per heavy atom. The maximum absolute atomic E-state index is 12.4. The van der Waals surface area contributed by atoms with Crippen molar-refractivity contribution in [3.05, 3.63) is 0 Å². The maximum Gasteiger partial charge on any atom is 0.102 e. The zero-order valence-corrected chi connectivity index (χ0v) is 11.8. The highest BCUT2D eigenvalue weighted by atomic mass is 127. The zero-order valence-electron chi connectivity index (χ0n) is 9.63. The summed E-state index contributed by atoms with van der Waals surface area (Å²) in [5, 5.41) is 0. The van der Waals surface area contributed by atoms with Crippen LogP contribution in [0, 0.1) is 5.41 Å². The third kappa shape index (κ3) is 2.36. The van der Waals surface area contributed by atoms with Gasteiger partial charge in [0.15, 0.2) is 0 Å². The van der Waals surface area contributed by atoms with E-state index >= 15 is 0 Å². The van der Waals surface area contributed by atoms with Crippen LogP contribution in [-0.4, -0.2) is 53.1 Å². The molecule has 0 amide bonds. The summed E-state index contributed by atoms with van der Waals surface area (Å²) in [6.07, 6.45) is 2.38. The molecular weight excluding hydrogens is 325 g/mol. The molecule has 2 rings (SSSR count). The molecule has 2 fully saturated rings. The van der Waals surface area contributed by atoms with Gasteiger partial charge in [-0.1, -0.05) is 0 Å². The van der Waals surface area contributed by atoms with Crippen LogP contribution in [0.25, 0.3) is 0 Å². The van der Waals surface area contributed by atoms with Gasteiger partial charge in [0.2, 0.25) is 0 Å². The fourth-order valence-electron chi connectivity index (χ4n) is 3.07. The Morgan fingerprint density at radius 2 is 1.94 bits per heavy atom. The first-order valence-electron chi connectivity index (χ1n) is 5.91. The van der Waals surface area contributed by atoms with E-state index in [1.54, 1.807) is 0 Å². The molecular formula is C11H19F2IN2. The molecule has 2 nitrogen and oxygen atoms in total. The SMILES string of the molecule is C[C@@H]1C[C@@]2(CN(CCF)CCF)C[C@H]2N1I. The first-order valence-corrected chi connectivity index (χ1v) is 6.88. The fourth-order valence-corrected chi connectivity index (χ4v) is 4.05. The summed E-state index contributed by atoms with van der Waals surface area (Å²) in [5.74, 6) is 0. The van der Waals surface area contributed by atoms with Gasteiger partial charge in [-0.3, -0.25) is 4.90 Å². The van der Waals surface area contributed by atoms with Gasteiger partial charge in [0.1, 0.15) is 13.3 Å². The minimum Gasteiger partial charge on any atom is -0.298 e. The lowest BCUT2D eigenvalue weighted by Gasteiger charge is -2.24. The van der Waals surface area contributed by atoms with Crippen molar-refractivity contribution in [2.45, 2.75) is 31.8 Å². The van der Waals surface area contributed by atoms with Gasteiger partial charge in [-0.15, -0.1) is 0 Å². The molecule has 0 bridgehead atoms. The van der Waals surface area contributed by atoms with Crippen LogP contribution in [0.1, 0.15) is 19.8 Å². The molecule has 3 atom stereocenters. The van der Waals surface area contributed by atoms with E-state index in [0.29, 0.717) is 30.6 Å². The molecule has 0 N–H and O–H groups in total. The Labute approximate surface area is 110 Å². The molecule has 0 radical (unpaired) electrons. The van der Waals surface area contributed by atoms with Gasteiger partial charge < -0.3 is 0 Å². The van der Waals surface area contributed by atoms with Crippen molar-refractivity contribution in [1.82, 2.24) is 8.01 Å². The van der Waals surface area contributed by atoms with E-state index in [4.69, 9.17) is 0 Å². The molecule has 2 aliphatic rings. The second kappa shape index (κ2) is 5.02. The number of fused-ring (bicyclic) bond motifs is 1. The highest BCUT2D eigenvalue weighted by molar-refractivity contribution is 14.1. The van der Waals surface area contributed by atoms with Crippen molar-refractivity contribution >= 4 is 22.9 Å². The fraction of sp³-hybridized carbons (Fsp3) is 1.00. The quantitative estimate of drug-likeness (QED) is 0.540. The Kier molecular flexibility index (Phi) is 4.06. The van der Waals surface area contributed by atoms with Crippen molar-refractivity contribution in [1.29, 1.82) is 0 Å². The number of rotatable bonds is 6. The van der Waals surface area contributed by atoms with E-state index in [1.807, 2.05) is 4.90 Å². The monoisotopic (exact) mass is 344 g/mol. The van der Waals surface area contributed by atoms with Gasteiger partial charge in [-0.05, 0) is 19.8 Å².